The molecule has 0 fully saturated rings. The summed E-state index contributed by atoms with van der Waals surface area (Å²) in [5.41, 5.74) is 3.97. The van der Waals surface area contributed by atoms with Gasteiger partial charge in [0.15, 0.2) is 0 Å². The van der Waals surface area contributed by atoms with E-state index in [1.807, 2.05) is 0 Å². The SMILES string of the molecule is NC(=S)CCCCOc1ccc(F)c(C(F)(F)F)c1. The van der Waals surface area contributed by atoms with E-state index in [1.54, 1.807) is 0 Å². The molecule has 0 amide bonds. The summed E-state index contributed by atoms with van der Waals surface area (Å²) in [6.45, 7) is 0.228. The fourth-order valence-electron chi connectivity index (χ4n) is 1.40. The molecule has 0 atom stereocenters. The molecule has 1 aromatic rings. The average Bonchev–Trinajstić information content (AvgIpc) is 2.28. The number of alkyl halides is 3. The van der Waals surface area contributed by atoms with Gasteiger partial charge in [-0.3, -0.25) is 0 Å². The van der Waals surface area contributed by atoms with Crippen LogP contribution in [-0.4, -0.2) is 11.6 Å². The van der Waals surface area contributed by atoms with Gasteiger partial charge in [0.25, 0.3) is 0 Å². The maximum absolute atomic E-state index is 13.0. The lowest BCUT2D eigenvalue weighted by Crippen LogP contribution is -2.09. The zero-order valence-electron chi connectivity index (χ0n) is 9.97. The van der Waals surface area contributed by atoms with Crippen molar-refractivity contribution in [3.63, 3.8) is 0 Å². The number of rotatable bonds is 6. The van der Waals surface area contributed by atoms with Gasteiger partial charge >= 0.3 is 6.18 Å². The van der Waals surface area contributed by atoms with Gasteiger partial charge in [-0.25, -0.2) is 4.39 Å². The zero-order valence-corrected chi connectivity index (χ0v) is 10.8. The maximum Gasteiger partial charge on any atom is 0.419 e. The molecule has 0 heterocycles. The summed E-state index contributed by atoms with van der Waals surface area (Å²) in [4.78, 5) is 0.390. The van der Waals surface area contributed by atoms with E-state index in [-0.39, 0.29) is 12.4 Å². The summed E-state index contributed by atoms with van der Waals surface area (Å²) in [5.74, 6) is -1.32. The van der Waals surface area contributed by atoms with Crippen molar-refractivity contribution in [1.29, 1.82) is 0 Å². The third kappa shape index (κ3) is 5.42. The molecule has 0 aliphatic rings. The summed E-state index contributed by atoms with van der Waals surface area (Å²) in [6.07, 6.45) is -2.86. The highest BCUT2D eigenvalue weighted by molar-refractivity contribution is 7.80. The summed E-state index contributed by atoms with van der Waals surface area (Å²) in [5, 5.41) is 0. The number of halogens is 4. The van der Waals surface area contributed by atoms with E-state index < -0.39 is 17.6 Å². The van der Waals surface area contributed by atoms with Crippen LogP contribution in [0, 0.1) is 5.82 Å². The fourth-order valence-corrected chi connectivity index (χ4v) is 1.55. The predicted molar refractivity (Wildman–Crippen MR) is 67.5 cm³/mol. The third-order valence-corrected chi connectivity index (χ3v) is 2.53. The lowest BCUT2D eigenvalue weighted by Gasteiger charge is -2.11. The summed E-state index contributed by atoms with van der Waals surface area (Å²) in [7, 11) is 0. The van der Waals surface area contributed by atoms with Gasteiger partial charge in [-0.1, -0.05) is 12.2 Å². The van der Waals surface area contributed by atoms with Crippen LogP contribution in [0.3, 0.4) is 0 Å². The molecule has 1 aromatic carbocycles. The molecule has 7 heteroatoms. The molecule has 19 heavy (non-hydrogen) atoms. The van der Waals surface area contributed by atoms with Crippen molar-refractivity contribution in [3.8, 4) is 5.75 Å². The molecule has 1 rings (SSSR count). The lowest BCUT2D eigenvalue weighted by molar-refractivity contribution is -0.140. The minimum atomic E-state index is -4.73. The summed E-state index contributed by atoms with van der Waals surface area (Å²) >= 11 is 4.68. The molecule has 0 saturated heterocycles. The molecular formula is C12H13F4NOS. The quantitative estimate of drug-likeness (QED) is 0.494. The Bertz CT molecular complexity index is 448. The number of ether oxygens (including phenoxy) is 1. The number of hydrogen-bond donors (Lipinski definition) is 1. The average molecular weight is 295 g/mol. The minimum absolute atomic E-state index is 0.0101. The second-order valence-electron chi connectivity index (χ2n) is 3.91. The van der Waals surface area contributed by atoms with Crippen LogP contribution in [0.2, 0.25) is 0 Å². The van der Waals surface area contributed by atoms with Crippen molar-refractivity contribution in [3.05, 3.63) is 29.6 Å². The molecule has 0 aromatic heterocycles. The molecule has 106 valence electrons. The van der Waals surface area contributed by atoms with Gasteiger partial charge in [0, 0.05) is 0 Å². The van der Waals surface area contributed by atoms with E-state index in [1.165, 1.54) is 0 Å². The first-order chi connectivity index (χ1) is 8.80. The monoisotopic (exact) mass is 295 g/mol. The predicted octanol–water partition coefficient (Wildman–Crippen LogP) is 3.68. The molecule has 2 N–H and O–H groups in total. The minimum Gasteiger partial charge on any atom is -0.494 e. The van der Waals surface area contributed by atoms with Crippen LogP contribution < -0.4 is 10.5 Å². The maximum atomic E-state index is 13.0. The van der Waals surface area contributed by atoms with Crippen LogP contribution in [0.5, 0.6) is 5.75 Å². The van der Waals surface area contributed by atoms with E-state index in [0.29, 0.717) is 30.3 Å². The second kappa shape index (κ2) is 6.70. The first-order valence-corrected chi connectivity index (χ1v) is 5.99. The number of hydrogen-bond acceptors (Lipinski definition) is 2. The van der Waals surface area contributed by atoms with Crippen molar-refractivity contribution in [1.82, 2.24) is 0 Å². The van der Waals surface area contributed by atoms with E-state index in [2.05, 4.69) is 12.2 Å². The second-order valence-corrected chi connectivity index (χ2v) is 4.44. The Kier molecular flexibility index (Phi) is 5.53. The van der Waals surface area contributed by atoms with Gasteiger partial charge in [0.1, 0.15) is 11.6 Å². The standard InChI is InChI=1S/C12H13F4NOS/c13-10-5-4-8(7-9(10)12(14,15)16)18-6-2-1-3-11(17)19/h4-5,7H,1-3,6H2,(H2,17,19). The first kappa shape index (κ1) is 15.7. The fraction of sp³-hybridized carbons (Fsp3) is 0.417. The smallest absolute Gasteiger partial charge is 0.419 e. The number of nitrogens with two attached hydrogens (primary N) is 1. The van der Waals surface area contributed by atoms with E-state index in [9.17, 15) is 17.6 Å². The first-order valence-electron chi connectivity index (χ1n) is 5.58. The van der Waals surface area contributed by atoms with Gasteiger partial charge in [-0.15, -0.1) is 0 Å². The summed E-state index contributed by atoms with van der Waals surface area (Å²) in [6, 6.07) is 2.56. The van der Waals surface area contributed by atoms with E-state index in [4.69, 9.17) is 10.5 Å². The molecular weight excluding hydrogens is 282 g/mol. The normalized spacial score (nSPS) is 11.4. The Morgan fingerprint density at radius 2 is 1.95 bits per heavy atom. The number of benzene rings is 1. The lowest BCUT2D eigenvalue weighted by atomic mass is 10.2. The topological polar surface area (TPSA) is 35.2 Å². The third-order valence-electron chi connectivity index (χ3n) is 2.33. The molecule has 0 spiro atoms. The van der Waals surface area contributed by atoms with E-state index in [0.717, 1.165) is 12.1 Å². The van der Waals surface area contributed by atoms with Crippen molar-refractivity contribution in [2.45, 2.75) is 25.4 Å². The highest BCUT2D eigenvalue weighted by Gasteiger charge is 2.34. The van der Waals surface area contributed by atoms with Crippen molar-refractivity contribution in [2.24, 2.45) is 5.73 Å². The van der Waals surface area contributed by atoms with Crippen LogP contribution in [0.25, 0.3) is 0 Å². The zero-order chi connectivity index (χ0) is 14.5. The molecule has 0 bridgehead atoms. The molecule has 0 saturated carbocycles. The Balaban J connectivity index is 2.53. The Morgan fingerprint density at radius 1 is 1.26 bits per heavy atom. The van der Waals surface area contributed by atoms with E-state index >= 15 is 0 Å². The largest absolute Gasteiger partial charge is 0.494 e. The van der Waals surface area contributed by atoms with Gasteiger partial charge in [0.2, 0.25) is 0 Å². The van der Waals surface area contributed by atoms with Crippen LogP contribution in [-0.2, 0) is 6.18 Å². The van der Waals surface area contributed by atoms with Gasteiger partial charge in [-0.05, 0) is 37.5 Å². The molecule has 0 radical (unpaired) electrons. The number of unbranched alkanes of at least 4 members (excludes halogenated alkanes) is 1. The van der Waals surface area contributed by atoms with Crippen molar-refractivity contribution >= 4 is 17.2 Å². The molecule has 0 unspecified atom stereocenters. The van der Waals surface area contributed by atoms with Crippen LogP contribution in [0.4, 0.5) is 17.6 Å². The Hall–Kier alpha value is -1.37. The number of thiocarbonyl (C=S) groups is 1. The van der Waals surface area contributed by atoms with Gasteiger partial charge in [0.05, 0.1) is 17.2 Å². The molecule has 2 nitrogen and oxygen atoms in total. The Labute approximate surface area is 113 Å². The highest BCUT2D eigenvalue weighted by Crippen LogP contribution is 2.33. The molecule has 0 aliphatic heterocycles. The van der Waals surface area contributed by atoms with Crippen LogP contribution >= 0.6 is 12.2 Å². The van der Waals surface area contributed by atoms with Crippen LogP contribution in [0.15, 0.2) is 18.2 Å². The highest BCUT2D eigenvalue weighted by atomic mass is 32.1. The van der Waals surface area contributed by atoms with Gasteiger partial charge < -0.3 is 10.5 Å². The van der Waals surface area contributed by atoms with Gasteiger partial charge in [-0.2, -0.15) is 13.2 Å². The van der Waals surface area contributed by atoms with Crippen LogP contribution in [0.1, 0.15) is 24.8 Å². The molecule has 0 aliphatic carbocycles. The van der Waals surface area contributed by atoms with Crippen molar-refractivity contribution < 1.29 is 22.3 Å². The van der Waals surface area contributed by atoms with Crippen molar-refractivity contribution in [2.75, 3.05) is 6.61 Å². The summed E-state index contributed by atoms with van der Waals surface area (Å²) < 4.78 is 55.4. The Morgan fingerprint density at radius 3 is 2.53 bits per heavy atom.